The minimum absolute atomic E-state index is 0.183. The number of carbonyl (C=O) groups excluding carboxylic acids is 2. The summed E-state index contributed by atoms with van der Waals surface area (Å²) in [6, 6.07) is -0.191. The van der Waals surface area contributed by atoms with E-state index in [-0.39, 0.29) is 23.8 Å². The first-order valence-electron chi connectivity index (χ1n) is 10.5. The van der Waals surface area contributed by atoms with Gasteiger partial charge in [0.15, 0.2) is 0 Å². The molecule has 0 aromatic carbocycles. The third-order valence-corrected chi connectivity index (χ3v) is 6.44. The van der Waals surface area contributed by atoms with E-state index in [1.54, 1.807) is 0 Å². The molecule has 0 N–H and O–H groups in total. The van der Waals surface area contributed by atoms with Gasteiger partial charge in [0.2, 0.25) is 11.8 Å². The molecule has 2 aliphatic heterocycles. The molecule has 4 fully saturated rings. The lowest BCUT2D eigenvalue weighted by atomic mass is 9.97. The van der Waals surface area contributed by atoms with Crippen molar-refractivity contribution < 1.29 is 14.3 Å². The van der Waals surface area contributed by atoms with E-state index in [1.165, 1.54) is 32.1 Å². The number of rotatable bonds is 4. The molecule has 2 aliphatic carbocycles. The summed E-state index contributed by atoms with van der Waals surface area (Å²) in [6.45, 7) is 2.35. The van der Waals surface area contributed by atoms with Crippen LogP contribution in [0.1, 0.15) is 70.6 Å². The maximum absolute atomic E-state index is 12.9. The molecule has 0 aromatic rings. The highest BCUT2D eigenvalue weighted by atomic mass is 16.5. The van der Waals surface area contributed by atoms with Gasteiger partial charge < -0.3 is 14.5 Å². The van der Waals surface area contributed by atoms with Crippen LogP contribution in [-0.4, -0.2) is 59.5 Å². The van der Waals surface area contributed by atoms with Crippen molar-refractivity contribution in [2.75, 3.05) is 19.6 Å². The van der Waals surface area contributed by atoms with Gasteiger partial charge in [-0.15, -0.1) is 0 Å². The van der Waals surface area contributed by atoms with Crippen molar-refractivity contribution in [2.24, 2.45) is 5.92 Å². The van der Waals surface area contributed by atoms with Crippen LogP contribution in [0.25, 0.3) is 0 Å². The number of likely N-dealkylation sites (tertiary alicyclic amines) is 2. The molecule has 0 bridgehead atoms. The van der Waals surface area contributed by atoms with E-state index in [1.807, 2.05) is 9.80 Å². The zero-order valence-corrected chi connectivity index (χ0v) is 15.3. The average molecular weight is 348 g/mol. The molecule has 0 unspecified atom stereocenters. The maximum atomic E-state index is 12.9. The fourth-order valence-electron chi connectivity index (χ4n) is 4.75. The summed E-state index contributed by atoms with van der Waals surface area (Å²) >= 11 is 0. The molecule has 5 nitrogen and oxygen atoms in total. The average Bonchev–Trinajstić information content (AvgIpc) is 3.39. The van der Waals surface area contributed by atoms with Crippen molar-refractivity contribution in [1.29, 1.82) is 0 Å². The highest BCUT2D eigenvalue weighted by Gasteiger charge is 2.42. The number of amides is 2. The summed E-state index contributed by atoms with van der Waals surface area (Å²) in [7, 11) is 0. The van der Waals surface area contributed by atoms with Crippen LogP contribution in [0.5, 0.6) is 0 Å². The largest absolute Gasteiger partial charge is 0.375 e. The highest BCUT2D eigenvalue weighted by Crippen LogP contribution is 2.34. The summed E-state index contributed by atoms with van der Waals surface area (Å²) < 4.78 is 6.28. The summed E-state index contributed by atoms with van der Waals surface area (Å²) in [4.78, 5) is 29.2. The van der Waals surface area contributed by atoms with Crippen molar-refractivity contribution in [3.63, 3.8) is 0 Å². The Labute approximate surface area is 151 Å². The van der Waals surface area contributed by atoms with Crippen LogP contribution in [0.4, 0.5) is 0 Å². The fraction of sp³-hybridized carbons (Fsp3) is 0.900. The molecule has 0 spiro atoms. The molecule has 2 amide bonds. The van der Waals surface area contributed by atoms with Crippen LogP contribution >= 0.6 is 0 Å². The van der Waals surface area contributed by atoms with Crippen LogP contribution in [0.15, 0.2) is 0 Å². The Morgan fingerprint density at radius 1 is 0.680 bits per heavy atom. The number of hydrogen-bond donors (Lipinski definition) is 0. The van der Waals surface area contributed by atoms with Gasteiger partial charge in [0.25, 0.3) is 0 Å². The van der Waals surface area contributed by atoms with E-state index in [2.05, 4.69) is 0 Å². The van der Waals surface area contributed by atoms with Crippen LogP contribution in [0, 0.1) is 5.92 Å². The Balaban J connectivity index is 1.26. The van der Waals surface area contributed by atoms with Gasteiger partial charge in [-0.2, -0.15) is 0 Å². The van der Waals surface area contributed by atoms with Gasteiger partial charge in [-0.25, -0.2) is 0 Å². The number of nitrogens with zero attached hydrogens (tertiary/aromatic N) is 2. The zero-order valence-electron chi connectivity index (χ0n) is 15.3. The fourth-order valence-corrected chi connectivity index (χ4v) is 4.75. The predicted octanol–water partition coefficient (Wildman–Crippen LogP) is 2.73. The molecule has 0 radical (unpaired) electrons. The lowest BCUT2D eigenvalue weighted by Crippen LogP contribution is -2.51. The highest BCUT2D eigenvalue weighted by molar-refractivity contribution is 5.90. The molecule has 4 rings (SSSR count). The van der Waals surface area contributed by atoms with E-state index < -0.39 is 0 Å². The van der Waals surface area contributed by atoms with Gasteiger partial charge >= 0.3 is 0 Å². The molecule has 4 aliphatic rings. The van der Waals surface area contributed by atoms with Crippen LogP contribution in [0.3, 0.4) is 0 Å². The first kappa shape index (κ1) is 17.3. The summed E-state index contributed by atoms with van der Waals surface area (Å²) in [6.07, 6.45) is 12.9. The van der Waals surface area contributed by atoms with Gasteiger partial charge in [-0.3, -0.25) is 9.59 Å². The Morgan fingerprint density at radius 3 is 2.04 bits per heavy atom. The second kappa shape index (κ2) is 7.65. The van der Waals surface area contributed by atoms with Crippen LogP contribution in [0.2, 0.25) is 0 Å². The molecule has 25 heavy (non-hydrogen) atoms. The van der Waals surface area contributed by atoms with E-state index in [0.29, 0.717) is 12.2 Å². The normalized spacial score (nSPS) is 29.2. The van der Waals surface area contributed by atoms with Gasteiger partial charge in [0.05, 0.1) is 12.2 Å². The molecule has 1 atom stereocenters. The second-order valence-electron chi connectivity index (χ2n) is 8.38. The number of ether oxygens (including phenoxy) is 1. The third-order valence-electron chi connectivity index (χ3n) is 6.44. The lowest BCUT2D eigenvalue weighted by Gasteiger charge is -2.37. The third kappa shape index (κ3) is 4.02. The maximum Gasteiger partial charge on any atom is 0.245 e. The Morgan fingerprint density at radius 2 is 1.36 bits per heavy atom. The van der Waals surface area contributed by atoms with Gasteiger partial charge in [0, 0.05) is 25.6 Å². The topological polar surface area (TPSA) is 49.9 Å². The van der Waals surface area contributed by atoms with Gasteiger partial charge in [-0.05, 0) is 51.4 Å². The monoisotopic (exact) mass is 348 g/mol. The van der Waals surface area contributed by atoms with Crippen LogP contribution in [-0.2, 0) is 14.3 Å². The van der Waals surface area contributed by atoms with Crippen molar-refractivity contribution in [3.05, 3.63) is 0 Å². The molecule has 0 aromatic heterocycles. The van der Waals surface area contributed by atoms with Crippen molar-refractivity contribution in [2.45, 2.75) is 88.9 Å². The minimum Gasteiger partial charge on any atom is -0.375 e. The zero-order chi connectivity index (χ0) is 17.2. The first-order valence-corrected chi connectivity index (χ1v) is 10.5. The Hall–Kier alpha value is -1.10. The minimum atomic E-state index is -0.191. The summed E-state index contributed by atoms with van der Waals surface area (Å²) in [5, 5.41) is 0. The lowest BCUT2D eigenvalue weighted by molar-refractivity contribution is -0.146. The molecular weight excluding hydrogens is 316 g/mol. The SMILES string of the molecule is O=C([C@@H]1CCCN1C(=O)C1CC1)N1CCC(OC2CCCCC2)CC1. The molecule has 140 valence electrons. The smallest absolute Gasteiger partial charge is 0.245 e. The summed E-state index contributed by atoms with van der Waals surface area (Å²) in [5.41, 5.74) is 0. The van der Waals surface area contributed by atoms with Gasteiger partial charge in [0.1, 0.15) is 6.04 Å². The van der Waals surface area contributed by atoms with Crippen molar-refractivity contribution >= 4 is 11.8 Å². The Kier molecular flexibility index (Phi) is 5.30. The first-order chi connectivity index (χ1) is 12.2. The van der Waals surface area contributed by atoms with E-state index >= 15 is 0 Å². The Bertz CT molecular complexity index is 491. The van der Waals surface area contributed by atoms with Crippen LogP contribution < -0.4 is 0 Å². The summed E-state index contributed by atoms with van der Waals surface area (Å²) in [5.74, 6) is 0.622. The predicted molar refractivity (Wildman–Crippen MR) is 95.0 cm³/mol. The van der Waals surface area contributed by atoms with E-state index in [0.717, 1.165) is 58.2 Å². The second-order valence-corrected chi connectivity index (χ2v) is 8.38. The molecule has 2 saturated carbocycles. The molecule has 2 heterocycles. The molecular formula is C20H32N2O3. The number of carbonyl (C=O) groups is 2. The molecule has 5 heteroatoms. The van der Waals surface area contributed by atoms with Crippen molar-refractivity contribution in [1.82, 2.24) is 9.80 Å². The van der Waals surface area contributed by atoms with E-state index in [9.17, 15) is 9.59 Å². The van der Waals surface area contributed by atoms with Gasteiger partial charge in [-0.1, -0.05) is 19.3 Å². The standard InChI is InChI=1S/C20H32N2O3/c23-19(15-8-9-15)22-12-4-7-18(22)20(24)21-13-10-17(11-14-21)25-16-5-2-1-3-6-16/h15-18H,1-14H2/t18-/m0/s1. The molecule has 2 saturated heterocycles. The quantitative estimate of drug-likeness (QED) is 0.785. The van der Waals surface area contributed by atoms with E-state index in [4.69, 9.17) is 4.74 Å². The number of piperidine rings is 1. The number of hydrogen-bond acceptors (Lipinski definition) is 3. The van der Waals surface area contributed by atoms with Crippen molar-refractivity contribution in [3.8, 4) is 0 Å².